The smallest absolute Gasteiger partial charge is 0.255 e. The maximum atomic E-state index is 12.4. The molecule has 136 valence electrons. The van der Waals surface area contributed by atoms with Crippen molar-refractivity contribution >= 4 is 53.9 Å². The van der Waals surface area contributed by atoms with Gasteiger partial charge in [0.25, 0.3) is 5.91 Å². The van der Waals surface area contributed by atoms with Gasteiger partial charge in [-0.05, 0) is 29.8 Å². The summed E-state index contributed by atoms with van der Waals surface area (Å²) >= 11 is 2.00. The van der Waals surface area contributed by atoms with Crippen LogP contribution < -0.4 is 11.1 Å². The van der Waals surface area contributed by atoms with Crippen LogP contribution in [0.3, 0.4) is 0 Å². The van der Waals surface area contributed by atoms with E-state index in [0.717, 1.165) is 30.9 Å². The Morgan fingerprint density at radius 3 is 2.52 bits per heavy atom. The highest BCUT2D eigenvalue weighted by Crippen LogP contribution is 2.20. The van der Waals surface area contributed by atoms with E-state index in [1.807, 2.05) is 30.0 Å². The average Bonchev–Trinajstić information content (AvgIpc) is 2.57. The number of rotatable bonds is 4. The van der Waals surface area contributed by atoms with Crippen LogP contribution in [0.2, 0.25) is 0 Å². The van der Waals surface area contributed by atoms with Crippen molar-refractivity contribution in [1.82, 2.24) is 4.90 Å². The minimum atomic E-state index is -0.126. The number of para-hydroxylation sites is 1. The molecule has 2 aromatic carbocycles. The molecule has 1 aliphatic heterocycles. The number of nitrogen functional groups attached to an aromatic ring is 1. The van der Waals surface area contributed by atoms with Crippen LogP contribution >= 0.6 is 36.6 Å². The van der Waals surface area contributed by atoms with E-state index in [9.17, 15) is 4.79 Å². The Labute approximate surface area is 165 Å². The number of carbonyl (C=O) groups is 1. The summed E-state index contributed by atoms with van der Waals surface area (Å²) in [6.45, 7) is 3.07. The Hall–Kier alpha value is -1.40. The number of hydrogen-bond acceptors (Lipinski definition) is 4. The van der Waals surface area contributed by atoms with Crippen molar-refractivity contribution in [2.24, 2.45) is 0 Å². The zero-order chi connectivity index (χ0) is 16.1. The van der Waals surface area contributed by atoms with Crippen LogP contribution in [0.15, 0.2) is 48.5 Å². The third-order valence-electron chi connectivity index (χ3n) is 3.91. The van der Waals surface area contributed by atoms with Crippen molar-refractivity contribution in [3.8, 4) is 0 Å². The highest BCUT2D eigenvalue weighted by molar-refractivity contribution is 7.99. The summed E-state index contributed by atoms with van der Waals surface area (Å²) in [6.07, 6.45) is 0. The molecule has 7 heteroatoms. The molecule has 25 heavy (non-hydrogen) atoms. The Balaban J connectivity index is 0.00000156. The number of nitrogens with two attached hydrogens (primary N) is 1. The van der Waals surface area contributed by atoms with E-state index in [4.69, 9.17) is 5.73 Å². The van der Waals surface area contributed by atoms with Gasteiger partial charge in [0, 0.05) is 48.1 Å². The molecule has 4 nitrogen and oxygen atoms in total. The Bertz CT molecular complexity index is 694. The van der Waals surface area contributed by atoms with Gasteiger partial charge in [-0.25, -0.2) is 0 Å². The van der Waals surface area contributed by atoms with E-state index in [2.05, 4.69) is 16.3 Å². The first-order valence-corrected chi connectivity index (χ1v) is 8.93. The average molecular weight is 400 g/mol. The first-order chi connectivity index (χ1) is 11.2. The summed E-state index contributed by atoms with van der Waals surface area (Å²) in [4.78, 5) is 14.9. The van der Waals surface area contributed by atoms with Crippen molar-refractivity contribution < 1.29 is 4.79 Å². The number of amides is 1. The number of thioether (sulfide) groups is 1. The fourth-order valence-electron chi connectivity index (χ4n) is 2.65. The van der Waals surface area contributed by atoms with E-state index < -0.39 is 0 Å². The molecule has 3 rings (SSSR count). The summed E-state index contributed by atoms with van der Waals surface area (Å²) in [5.41, 5.74) is 8.95. The van der Waals surface area contributed by atoms with Crippen molar-refractivity contribution in [2.45, 2.75) is 6.54 Å². The van der Waals surface area contributed by atoms with Gasteiger partial charge < -0.3 is 11.1 Å². The third kappa shape index (κ3) is 6.12. The zero-order valence-corrected chi connectivity index (χ0v) is 16.3. The topological polar surface area (TPSA) is 58.4 Å². The summed E-state index contributed by atoms with van der Waals surface area (Å²) in [6, 6.07) is 15.0. The SMILES string of the molecule is Cl.Cl.Nc1cccc(C(=O)Nc2ccccc2CN2CCSCC2)c1. The van der Waals surface area contributed by atoms with Crippen LogP contribution in [0.4, 0.5) is 11.4 Å². The number of anilines is 2. The number of nitrogens with one attached hydrogen (secondary N) is 1. The van der Waals surface area contributed by atoms with E-state index in [-0.39, 0.29) is 30.7 Å². The lowest BCUT2D eigenvalue weighted by Gasteiger charge is -2.27. The summed E-state index contributed by atoms with van der Waals surface area (Å²) in [5, 5.41) is 3.02. The lowest BCUT2D eigenvalue weighted by atomic mass is 10.1. The quantitative estimate of drug-likeness (QED) is 0.764. The fraction of sp³-hybridized carbons (Fsp3) is 0.278. The minimum absolute atomic E-state index is 0. The highest BCUT2D eigenvalue weighted by atomic mass is 35.5. The number of carbonyl (C=O) groups excluding carboxylic acids is 1. The van der Waals surface area contributed by atoms with Gasteiger partial charge >= 0.3 is 0 Å². The molecule has 0 spiro atoms. The Kier molecular flexibility index (Phi) is 9.14. The normalized spacial score (nSPS) is 14.1. The Morgan fingerprint density at radius 2 is 1.80 bits per heavy atom. The van der Waals surface area contributed by atoms with Gasteiger partial charge in [-0.15, -0.1) is 24.8 Å². The largest absolute Gasteiger partial charge is 0.399 e. The van der Waals surface area contributed by atoms with Crippen LogP contribution in [0, 0.1) is 0 Å². The van der Waals surface area contributed by atoms with Crippen LogP contribution in [0.1, 0.15) is 15.9 Å². The lowest BCUT2D eigenvalue weighted by molar-refractivity contribution is 0.102. The molecule has 2 aromatic rings. The molecule has 0 radical (unpaired) electrons. The molecule has 0 aliphatic carbocycles. The second kappa shape index (κ2) is 10.6. The molecule has 0 unspecified atom stereocenters. The van der Waals surface area contributed by atoms with Gasteiger partial charge in [0.1, 0.15) is 0 Å². The number of halogens is 2. The lowest BCUT2D eigenvalue weighted by Crippen LogP contribution is -2.32. The molecule has 1 aliphatic rings. The fourth-order valence-corrected chi connectivity index (χ4v) is 3.63. The molecule has 1 amide bonds. The number of nitrogens with zero attached hydrogens (tertiary/aromatic N) is 1. The van der Waals surface area contributed by atoms with Crippen LogP contribution in [-0.2, 0) is 6.54 Å². The van der Waals surface area contributed by atoms with E-state index >= 15 is 0 Å². The van der Waals surface area contributed by atoms with Crippen molar-refractivity contribution in [1.29, 1.82) is 0 Å². The number of hydrogen-bond donors (Lipinski definition) is 2. The van der Waals surface area contributed by atoms with E-state index in [1.165, 1.54) is 11.5 Å². The summed E-state index contributed by atoms with van der Waals surface area (Å²) < 4.78 is 0. The maximum Gasteiger partial charge on any atom is 0.255 e. The maximum absolute atomic E-state index is 12.4. The van der Waals surface area contributed by atoms with Crippen molar-refractivity contribution in [2.75, 3.05) is 35.6 Å². The van der Waals surface area contributed by atoms with Crippen LogP contribution in [0.25, 0.3) is 0 Å². The minimum Gasteiger partial charge on any atom is -0.399 e. The summed E-state index contributed by atoms with van der Waals surface area (Å²) in [7, 11) is 0. The predicted molar refractivity (Wildman–Crippen MR) is 112 cm³/mol. The molecule has 0 aromatic heterocycles. The summed E-state index contributed by atoms with van der Waals surface area (Å²) in [5.74, 6) is 2.23. The van der Waals surface area contributed by atoms with Gasteiger partial charge in [0.15, 0.2) is 0 Å². The van der Waals surface area contributed by atoms with Crippen LogP contribution in [-0.4, -0.2) is 35.4 Å². The molecule has 1 heterocycles. The molecule has 1 fully saturated rings. The van der Waals surface area contributed by atoms with Gasteiger partial charge in [-0.1, -0.05) is 24.3 Å². The Morgan fingerprint density at radius 1 is 1.08 bits per heavy atom. The monoisotopic (exact) mass is 399 g/mol. The second-order valence-corrected chi connectivity index (χ2v) is 6.85. The molecule has 0 atom stereocenters. The molecule has 3 N–H and O–H groups in total. The van der Waals surface area contributed by atoms with Gasteiger partial charge in [-0.2, -0.15) is 11.8 Å². The molecular weight excluding hydrogens is 377 g/mol. The van der Waals surface area contributed by atoms with Crippen molar-refractivity contribution in [3.63, 3.8) is 0 Å². The number of benzene rings is 2. The van der Waals surface area contributed by atoms with Gasteiger partial charge in [0.2, 0.25) is 0 Å². The van der Waals surface area contributed by atoms with Crippen molar-refractivity contribution in [3.05, 3.63) is 59.7 Å². The molecule has 0 saturated carbocycles. The van der Waals surface area contributed by atoms with E-state index in [0.29, 0.717) is 11.3 Å². The first kappa shape index (κ1) is 21.6. The van der Waals surface area contributed by atoms with E-state index in [1.54, 1.807) is 24.3 Å². The zero-order valence-electron chi connectivity index (χ0n) is 13.8. The second-order valence-electron chi connectivity index (χ2n) is 5.63. The highest BCUT2D eigenvalue weighted by Gasteiger charge is 2.14. The first-order valence-electron chi connectivity index (χ1n) is 7.77. The standard InChI is InChI=1S/C18H21N3OS.2ClH/c19-16-6-3-5-14(12-16)18(22)20-17-7-2-1-4-15(17)13-21-8-10-23-11-9-21;;/h1-7,12H,8-11,13,19H2,(H,20,22);2*1H. The molecule has 1 saturated heterocycles. The van der Waals surface area contributed by atoms with Gasteiger partial charge in [0.05, 0.1) is 0 Å². The molecular formula is C18H23Cl2N3OS. The third-order valence-corrected chi connectivity index (χ3v) is 4.85. The van der Waals surface area contributed by atoms with Crippen LogP contribution in [0.5, 0.6) is 0 Å². The van der Waals surface area contributed by atoms with Gasteiger partial charge in [-0.3, -0.25) is 9.69 Å². The molecule has 0 bridgehead atoms. The predicted octanol–water partition coefficient (Wildman–Crippen LogP) is 3.91.